The van der Waals surface area contributed by atoms with Crippen LogP contribution in [0.15, 0.2) is 48.8 Å². The lowest BCUT2D eigenvalue weighted by molar-refractivity contribution is 0.532. The summed E-state index contributed by atoms with van der Waals surface area (Å²) in [6, 6.07) is 8.70. The predicted molar refractivity (Wildman–Crippen MR) is 86.4 cm³/mol. The fourth-order valence-corrected chi connectivity index (χ4v) is 2.68. The van der Waals surface area contributed by atoms with Gasteiger partial charge in [0.15, 0.2) is 5.58 Å². The second-order valence-electron chi connectivity index (χ2n) is 5.50. The van der Waals surface area contributed by atoms with Gasteiger partial charge in [-0.15, -0.1) is 0 Å². The Morgan fingerprint density at radius 3 is 2.55 bits per heavy atom. The molecule has 114 valence electrons. The van der Waals surface area contributed by atoms with Crippen molar-refractivity contribution in [2.24, 2.45) is 0 Å². The third kappa shape index (κ3) is 2.69. The van der Waals surface area contributed by atoms with Gasteiger partial charge >= 0.3 is 11.3 Å². The number of hydrogen-bond acceptors (Lipinski definition) is 4. The molecule has 1 aromatic carbocycles. The summed E-state index contributed by atoms with van der Waals surface area (Å²) in [4.78, 5) is 24.3. The molecule has 2 aromatic heterocycles. The van der Waals surface area contributed by atoms with Crippen LogP contribution in [0.1, 0.15) is 38.2 Å². The number of fused-ring (bicyclic) bond motifs is 3. The number of rotatable bonds is 5. The molecule has 0 saturated carbocycles. The van der Waals surface area contributed by atoms with Gasteiger partial charge in [-0.3, -0.25) is 0 Å². The van der Waals surface area contributed by atoms with Crippen LogP contribution in [0.5, 0.6) is 0 Å². The molecule has 3 rings (SSSR count). The lowest BCUT2D eigenvalue weighted by atomic mass is 10.1. The van der Waals surface area contributed by atoms with E-state index in [1.165, 1.54) is 0 Å². The first kappa shape index (κ1) is 14.6. The minimum Gasteiger partial charge on any atom is -0.422 e. The van der Waals surface area contributed by atoms with Gasteiger partial charge in [0.05, 0.1) is 5.39 Å². The van der Waals surface area contributed by atoms with Crippen molar-refractivity contribution in [2.45, 2.75) is 39.0 Å². The van der Waals surface area contributed by atoms with E-state index in [9.17, 15) is 9.59 Å². The van der Waals surface area contributed by atoms with E-state index in [0.29, 0.717) is 33.9 Å². The van der Waals surface area contributed by atoms with Gasteiger partial charge in [-0.2, -0.15) is 0 Å². The van der Waals surface area contributed by atoms with E-state index >= 15 is 0 Å². The topological polar surface area (TPSA) is 60.4 Å². The van der Waals surface area contributed by atoms with Gasteiger partial charge in [0.25, 0.3) is 0 Å². The van der Waals surface area contributed by atoms with Gasteiger partial charge in [0, 0.05) is 5.56 Å². The van der Waals surface area contributed by atoms with E-state index in [1.807, 2.05) is 6.07 Å². The molecule has 0 aliphatic heterocycles. The van der Waals surface area contributed by atoms with Crippen LogP contribution < -0.4 is 11.3 Å². The van der Waals surface area contributed by atoms with Crippen LogP contribution in [-0.4, -0.2) is 0 Å². The SMILES string of the molecule is CCCCCCc1cc2c(=O)oc3ccccc3c2oc1=O. The van der Waals surface area contributed by atoms with Crippen molar-refractivity contribution in [1.29, 1.82) is 0 Å². The largest absolute Gasteiger partial charge is 0.422 e. The molecule has 0 atom stereocenters. The standard InChI is InChI=1S/C18H18O4/c1-2-3-4-5-8-12-11-14-16(22-17(12)19)13-9-6-7-10-15(13)21-18(14)20/h6-7,9-11H,2-5,8H2,1H3. The van der Waals surface area contributed by atoms with Gasteiger partial charge in [-0.1, -0.05) is 38.3 Å². The highest BCUT2D eigenvalue weighted by Gasteiger charge is 2.13. The van der Waals surface area contributed by atoms with Gasteiger partial charge in [-0.05, 0) is 31.0 Å². The monoisotopic (exact) mass is 298 g/mol. The Hall–Kier alpha value is -2.36. The Labute approximate surface area is 127 Å². The Morgan fingerprint density at radius 2 is 1.73 bits per heavy atom. The zero-order valence-corrected chi connectivity index (χ0v) is 12.6. The van der Waals surface area contributed by atoms with Crippen LogP contribution in [0.4, 0.5) is 0 Å². The quantitative estimate of drug-likeness (QED) is 0.405. The molecule has 0 aliphatic rings. The Kier molecular flexibility index (Phi) is 4.09. The van der Waals surface area contributed by atoms with Crippen molar-refractivity contribution < 1.29 is 8.83 Å². The number of unbranched alkanes of at least 4 members (excludes halogenated alkanes) is 3. The first-order valence-corrected chi connectivity index (χ1v) is 7.69. The van der Waals surface area contributed by atoms with Crippen LogP contribution in [0.2, 0.25) is 0 Å². The maximum Gasteiger partial charge on any atom is 0.347 e. The van der Waals surface area contributed by atoms with Crippen molar-refractivity contribution in [3.05, 3.63) is 56.7 Å². The number of aryl methyl sites for hydroxylation is 1. The van der Waals surface area contributed by atoms with Crippen molar-refractivity contribution in [2.75, 3.05) is 0 Å². The van der Waals surface area contributed by atoms with Crippen LogP contribution in [0, 0.1) is 0 Å². The van der Waals surface area contributed by atoms with Crippen LogP contribution in [-0.2, 0) is 6.42 Å². The van der Waals surface area contributed by atoms with E-state index in [0.717, 1.165) is 25.7 Å². The lowest BCUT2D eigenvalue weighted by Gasteiger charge is -2.04. The number of benzene rings is 1. The van der Waals surface area contributed by atoms with Crippen LogP contribution in [0.25, 0.3) is 21.9 Å². The summed E-state index contributed by atoms with van der Waals surface area (Å²) in [6.45, 7) is 2.14. The van der Waals surface area contributed by atoms with Gasteiger partial charge in [0.1, 0.15) is 11.0 Å². The summed E-state index contributed by atoms with van der Waals surface area (Å²) in [6.07, 6.45) is 4.90. The van der Waals surface area contributed by atoms with E-state index in [2.05, 4.69) is 6.92 Å². The molecule has 0 radical (unpaired) electrons. The molecule has 0 N–H and O–H groups in total. The summed E-state index contributed by atoms with van der Waals surface area (Å²) in [7, 11) is 0. The molecule has 4 heteroatoms. The highest BCUT2D eigenvalue weighted by molar-refractivity contribution is 6.00. The van der Waals surface area contributed by atoms with Crippen molar-refractivity contribution in [1.82, 2.24) is 0 Å². The first-order valence-electron chi connectivity index (χ1n) is 7.69. The van der Waals surface area contributed by atoms with Gasteiger partial charge in [-0.25, -0.2) is 9.59 Å². The average Bonchev–Trinajstić information content (AvgIpc) is 2.52. The highest BCUT2D eigenvalue weighted by atomic mass is 16.4. The lowest BCUT2D eigenvalue weighted by Crippen LogP contribution is -2.10. The van der Waals surface area contributed by atoms with E-state index in [1.54, 1.807) is 24.3 Å². The minimum atomic E-state index is -0.466. The summed E-state index contributed by atoms with van der Waals surface area (Å²) < 4.78 is 10.7. The molecule has 0 aliphatic carbocycles. The molecule has 3 aromatic rings. The molecule has 0 saturated heterocycles. The number of para-hydroxylation sites is 1. The third-order valence-corrected chi connectivity index (χ3v) is 3.87. The maximum atomic E-state index is 12.2. The van der Waals surface area contributed by atoms with Crippen LogP contribution >= 0.6 is 0 Å². The third-order valence-electron chi connectivity index (χ3n) is 3.87. The summed E-state index contributed by atoms with van der Waals surface area (Å²) >= 11 is 0. The molecule has 0 unspecified atom stereocenters. The predicted octanol–water partition coefficient (Wildman–Crippen LogP) is 4.02. The summed E-state index contributed by atoms with van der Waals surface area (Å²) in [5.74, 6) is 0. The second-order valence-corrected chi connectivity index (χ2v) is 5.50. The molecule has 4 nitrogen and oxygen atoms in total. The molecule has 0 fully saturated rings. The molecule has 2 heterocycles. The molecule has 0 amide bonds. The highest BCUT2D eigenvalue weighted by Crippen LogP contribution is 2.22. The Balaban J connectivity index is 2.10. The second kappa shape index (κ2) is 6.18. The maximum absolute atomic E-state index is 12.2. The van der Waals surface area contributed by atoms with Gasteiger partial charge in [0.2, 0.25) is 0 Å². The first-order chi connectivity index (χ1) is 10.7. The normalized spacial score (nSPS) is 11.3. The zero-order chi connectivity index (χ0) is 15.5. The molecule has 0 bridgehead atoms. The molecule has 22 heavy (non-hydrogen) atoms. The Bertz CT molecular complexity index is 918. The fourth-order valence-electron chi connectivity index (χ4n) is 2.68. The van der Waals surface area contributed by atoms with Gasteiger partial charge < -0.3 is 8.83 Å². The molecular formula is C18H18O4. The smallest absolute Gasteiger partial charge is 0.347 e. The molecule has 0 spiro atoms. The Morgan fingerprint density at radius 1 is 0.909 bits per heavy atom. The van der Waals surface area contributed by atoms with Crippen molar-refractivity contribution in [3.8, 4) is 0 Å². The number of hydrogen-bond donors (Lipinski definition) is 0. The summed E-state index contributed by atoms with van der Waals surface area (Å²) in [5.41, 5.74) is 0.464. The zero-order valence-electron chi connectivity index (χ0n) is 12.6. The van der Waals surface area contributed by atoms with Crippen molar-refractivity contribution in [3.63, 3.8) is 0 Å². The average molecular weight is 298 g/mol. The van der Waals surface area contributed by atoms with Crippen LogP contribution in [0.3, 0.4) is 0 Å². The summed E-state index contributed by atoms with van der Waals surface area (Å²) in [5, 5.41) is 0.982. The van der Waals surface area contributed by atoms with E-state index in [-0.39, 0.29) is 5.63 Å². The minimum absolute atomic E-state index is 0.314. The fraction of sp³-hybridized carbons (Fsp3) is 0.333. The van der Waals surface area contributed by atoms with E-state index in [4.69, 9.17) is 8.83 Å². The van der Waals surface area contributed by atoms with E-state index < -0.39 is 5.63 Å². The molecular weight excluding hydrogens is 280 g/mol. The van der Waals surface area contributed by atoms with Crippen molar-refractivity contribution >= 4 is 21.9 Å².